The molecule has 1 aromatic heterocycles. The third kappa shape index (κ3) is 4.24. The highest BCUT2D eigenvalue weighted by atomic mass is 32.2. The monoisotopic (exact) mass is 476 g/mol. The molecule has 176 valence electrons. The van der Waals surface area contributed by atoms with Gasteiger partial charge in [0.1, 0.15) is 12.3 Å². The average Bonchev–Trinajstić information content (AvgIpc) is 3.40. The van der Waals surface area contributed by atoms with Crippen LogP contribution in [-0.2, 0) is 29.9 Å². The Labute approximate surface area is 190 Å². The van der Waals surface area contributed by atoms with Gasteiger partial charge in [0.25, 0.3) is 5.91 Å². The van der Waals surface area contributed by atoms with E-state index in [4.69, 9.17) is 9.15 Å². The fourth-order valence-electron chi connectivity index (χ4n) is 3.80. The number of anilines is 1. The Morgan fingerprint density at radius 1 is 1.21 bits per heavy atom. The van der Waals surface area contributed by atoms with Crippen LogP contribution in [-0.4, -0.2) is 68.3 Å². The summed E-state index contributed by atoms with van der Waals surface area (Å²) < 4.78 is 37.9. The zero-order chi connectivity index (χ0) is 23.8. The van der Waals surface area contributed by atoms with Gasteiger partial charge in [-0.25, -0.2) is 13.2 Å². The second-order valence-electron chi connectivity index (χ2n) is 7.97. The van der Waals surface area contributed by atoms with Gasteiger partial charge in [-0.3, -0.25) is 14.5 Å². The van der Waals surface area contributed by atoms with Gasteiger partial charge in [0.05, 0.1) is 24.4 Å². The number of hydrogen-bond acceptors (Lipinski definition) is 7. The van der Waals surface area contributed by atoms with Crippen molar-refractivity contribution in [2.45, 2.75) is 24.3 Å². The van der Waals surface area contributed by atoms with Gasteiger partial charge in [-0.1, -0.05) is 6.07 Å². The number of carbonyl (C=O) groups excluding carboxylic acids is 3. The summed E-state index contributed by atoms with van der Waals surface area (Å²) in [6.45, 7) is 3.75. The fraction of sp³-hybridized carbons (Fsp3) is 0.381. The van der Waals surface area contributed by atoms with Crippen LogP contribution in [0.2, 0.25) is 0 Å². The summed E-state index contributed by atoms with van der Waals surface area (Å²) in [5.41, 5.74) is -0.648. The zero-order valence-electron chi connectivity index (χ0n) is 18.2. The first-order chi connectivity index (χ1) is 15.6. The predicted octanol–water partition coefficient (Wildman–Crippen LogP) is 1.01. The number of nitrogens with one attached hydrogen (secondary N) is 2. The van der Waals surface area contributed by atoms with Crippen LogP contribution in [0.1, 0.15) is 18.2 Å². The van der Waals surface area contributed by atoms with Crippen molar-refractivity contribution in [1.82, 2.24) is 14.5 Å². The average molecular weight is 477 g/mol. The van der Waals surface area contributed by atoms with Crippen molar-refractivity contribution in [3.63, 3.8) is 0 Å². The quantitative estimate of drug-likeness (QED) is 0.594. The van der Waals surface area contributed by atoms with Crippen molar-refractivity contribution >= 4 is 33.6 Å². The molecule has 2 aliphatic rings. The zero-order valence-corrected chi connectivity index (χ0v) is 19.0. The summed E-state index contributed by atoms with van der Waals surface area (Å²) >= 11 is 0. The normalized spacial score (nSPS) is 21.8. The minimum absolute atomic E-state index is 0.0718. The van der Waals surface area contributed by atoms with E-state index in [9.17, 15) is 22.8 Å². The van der Waals surface area contributed by atoms with E-state index in [0.29, 0.717) is 18.8 Å². The molecule has 4 amide bonds. The Morgan fingerprint density at radius 2 is 1.94 bits per heavy atom. The SMILES string of the molecule is Cc1ccc(NC(=O)CN2C(=O)N[C@](C)(c3ccco3)C2=O)cc1S(=O)(=O)N1CCOCC1. The molecule has 2 aromatic rings. The number of aryl methyl sites for hydroxylation is 1. The lowest BCUT2D eigenvalue weighted by Crippen LogP contribution is -2.42. The lowest BCUT2D eigenvalue weighted by molar-refractivity contribution is -0.134. The number of furan rings is 1. The number of imide groups is 1. The Balaban J connectivity index is 1.49. The molecule has 4 rings (SSSR count). The molecular weight excluding hydrogens is 452 g/mol. The summed E-state index contributed by atoms with van der Waals surface area (Å²) in [5, 5.41) is 5.11. The maximum absolute atomic E-state index is 13.0. The number of morpholine rings is 1. The highest BCUT2D eigenvalue weighted by molar-refractivity contribution is 7.89. The molecule has 2 aliphatic heterocycles. The van der Waals surface area contributed by atoms with Gasteiger partial charge in [0, 0.05) is 18.8 Å². The van der Waals surface area contributed by atoms with Gasteiger partial charge in [0.15, 0.2) is 5.54 Å². The second-order valence-corrected chi connectivity index (χ2v) is 9.88. The van der Waals surface area contributed by atoms with E-state index in [1.807, 2.05) is 0 Å². The van der Waals surface area contributed by atoms with Crippen LogP contribution < -0.4 is 10.6 Å². The van der Waals surface area contributed by atoms with E-state index < -0.39 is 40.0 Å². The molecule has 2 saturated heterocycles. The molecule has 0 saturated carbocycles. The number of benzene rings is 1. The summed E-state index contributed by atoms with van der Waals surface area (Å²) in [7, 11) is -3.77. The molecule has 2 fully saturated rings. The molecule has 0 spiro atoms. The van der Waals surface area contributed by atoms with Crippen LogP contribution in [0.15, 0.2) is 45.9 Å². The molecule has 2 N–H and O–H groups in total. The van der Waals surface area contributed by atoms with Crippen LogP contribution in [0.3, 0.4) is 0 Å². The molecule has 0 aliphatic carbocycles. The summed E-state index contributed by atoms with van der Waals surface area (Å²) in [6, 6.07) is 6.94. The number of nitrogens with zero attached hydrogens (tertiary/aromatic N) is 2. The third-order valence-corrected chi connectivity index (χ3v) is 7.69. The first kappa shape index (κ1) is 23.0. The molecule has 3 heterocycles. The van der Waals surface area contributed by atoms with Crippen molar-refractivity contribution in [2.75, 3.05) is 38.2 Å². The Morgan fingerprint density at radius 3 is 2.61 bits per heavy atom. The number of amides is 4. The molecule has 11 nitrogen and oxygen atoms in total. The van der Waals surface area contributed by atoms with Gasteiger partial charge in [-0.15, -0.1) is 0 Å². The van der Waals surface area contributed by atoms with Crippen molar-refractivity contribution in [3.05, 3.63) is 47.9 Å². The van der Waals surface area contributed by atoms with Gasteiger partial charge < -0.3 is 19.8 Å². The molecule has 0 bridgehead atoms. The molecule has 33 heavy (non-hydrogen) atoms. The molecule has 0 unspecified atom stereocenters. The smallest absolute Gasteiger partial charge is 0.325 e. The molecule has 1 aromatic carbocycles. The topological polar surface area (TPSA) is 138 Å². The van der Waals surface area contributed by atoms with Crippen LogP contribution in [0, 0.1) is 6.92 Å². The highest BCUT2D eigenvalue weighted by Gasteiger charge is 2.51. The Bertz CT molecular complexity index is 1190. The lowest BCUT2D eigenvalue weighted by Gasteiger charge is -2.27. The predicted molar refractivity (Wildman–Crippen MR) is 116 cm³/mol. The number of sulfonamides is 1. The van der Waals surface area contributed by atoms with Crippen LogP contribution in [0.5, 0.6) is 0 Å². The minimum atomic E-state index is -3.77. The Hall–Kier alpha value is -3.22. The Kier molecular flexibility index (Phi) is 5.99. The van der Waals surface area contributed by atoms with Gasteiger partial charge in [0.2, 0.25) is 15.9 Å². The van der Waals surface area contributed by atoms with Gasteiger partial charge in [-0.05, 0) is 43.7 Å². The minimum Gasteiger partial charge on any atom is -0.466 e. The van der Waals surface area contributed by atoms with Crippen molar-refractivity contribution in [3.8, 4) is 0 Å². The van der Waals surface area contributed by atoms with E-state index in [0.717, 1.165) is 4.90 Å². The van der Waals surface area contributed by atoms with Crippen molar-refractivity contribution < 1.29 is 32.0 Å². The first-order valence-corrected chi connectivity index (χ1v) is 11.7. The number of urea groups is 1. The van der Waals surface area contributed by atoms with Crippen LogP contribution in [0.4, 0.5) is 10.5 Å². The number of hydrogen-bond donors (Lipinski definition) is 2. The molecule has 12 heteroatoms. The highest BCUT2D eigenvalue weighted by Crippen LogP contribution is 2.29. The largest absolute Gasteiger partial charge is 0.466 e. The fourth-order valence-corrected chi connectivity index (χ4v) is 5.46. The van der Waals surface area contributed by atoms with E-state index in [2.05, 4.69) is 10.6 Å². The number of carbonyl (C=O) groups is 3. The summed E-state index contributed by atoms with van der Waals surface area (Å²) in [6.07, 6.45) is 1.38. The van der Waals surface area contributed by atoms with Crippen molar-refractivity contribution in [2.24, 2.45) is 0 Å². The molecule has 0 radical (unpaired) electrons. The van der Waals surface area contributed by atoms with Crippen molar-refractivity contribution in [1.29, 1.82) is 0 Å². The van der Waals surface area contributed by atoms with Crippen LogP contribution in [0.25, 0.3) is 0 Å². The van der Waals surface area contributed by atoms with E-state index in [1.54, 1.807) is 31.2 Å². The first-order valence-electron chi connectivity index (χ1n) is 10.3. The lowest BCUT2D eigenvalue weighted by atomic mass is 9.99. The molecule has 1 atom stereocenters. The standard InChI is InChI=1S/C21H24N4O7S/c1-14-5-6-15(12-16(14)33(29,30)24-7-10-31-11-8-24)22-18(26)13-25-19(27)21(2,23-20(25)28)17-4-3-9-32-17/h3-6,9,12H,7-8,10-11,13H2,1-2H3,(H,22,26)(H,23,28)/t21-/m1/s1. The van der Waals surface area contributed by atoms with Crippen LogP contribution >= 0.6 is 0 Å². The maximum atomic E-state index is 13.0. The summed E-state index contributed by atoms with van der Waals surface area (Å²) in [4.78, 5) is 38.7. The second kappa shape index (κ2) is 8.61. The van der Waals surface area contributed by atoms with Gasteiger partial charge >= 0.3 is 6.03 Å². The molecular formula is C21H24N4O7S. The number of rotatable bonds is 6. The number of ether oxygens (including phenoxy) is 1. The maximum Gasteiger partial charge on any atom is 0.325 e. The van der Waals surface area contributed by atoms with Gasteiger partial charge in [-0.2, -0.15) is 4.31 Å². The van der Waals surface area contributed by atoms with E-state index in [-0.39, 0.29) is 29.4 Å². The third-order valence-electron chi connectivity index (χ3n) is 5.65. The summed E-state index contributed by atoms with van der Waals surface area (Å²) in [5.74, 6) is -1.03. The van der Waals surface area contributed by atoms with E-state index >= 15 is 0 Å². The van der Waals surface area contributed by atoms with E-state index in [1.165, 1.54) is 23.6 Å².